The molecule has 1 aromatic heterocycles. The molecule has 0 spiro atoms. The average Bonchev–Trinajstić information content (AvgIpc) is 2.61. The molecule has 0 amide bonds. The van der Waals surface area contributed by atoms with E-state index < -0.39 is 0 Å². The maximum atomic E-state index is 11.3. The molecule has 0 unspecified atom stereocenters. The number of Topliss-reactive ketones (excluding diaryl/α,β-unsaturated/α-hetero) is 1. The molecule has 0 saturated carbocycles. The zero-order chi connectivity index (χ0) is 12.8. The van der Waals surface area contributed by atoms with Crippen molar-refractivity contribution in [2.75, 3.05) is 37.9 Å². The Balaban J connectivity index is 2.77. The second kappa shape index (κ2) is 6.46. The van der Waals surface area contributed by atoms with Crippen molar-refractivity contribution in [1.29, 1.82) is 0 Å². The molecule has 0 saturated heterocycles. The van der Waals surface area contributed by atoms with Gasteiger partial charge in [0.25, 0.3) is 0 Å². The van der Waals surface area contributed by atoms with Crippen LogP contribution in [0.2, 0.25) is 0 Å². The number of ketones is 1. The number of carbonyl (C=O) groups is 1. The number of thiophene rings is 1. The third-order valence-corrected chi connectivity index (χ3v) is 3.40. The van der Waals surface area contributed by atoms with Crippen molar-refractivity contribution < 1.29 is 14.3 Å². The Hall–Kier alpha value is -1.27. The molecule has 17 heavy (non-hydrogen) atoms. The number of nitrogen functional groups attached to an aromatic ring is 1. The number of rotatable bonds is 7. The van der Waals surface area contributed by atoms with Gasteiger partial charge in [-0.1, -0.05) is 0 Å². The Morgan fingerprint density at radius 2 is 2.24 bits per heavy atom. The molecule has 0 aliphatic rings. The summed E-state index contributed by atoms with van der Waals surface area (Å²) in [6, 6.07) is 0. The van der Waals surface area contributed by atoms with E-state index in [0.717, 1.165) is 5.00 Å². The van der Waals surface area contributed by atoms with E-state index in [9.17, 15) is 4.79 Å². The first-order valence-corrected chi connectivity index (χ1v) is 6.22. The minimum atomic E-state index is -0.0522. The van der Waals surface area contributed by atoms with Crippen LogP contribution in [-0.4, -0.2) is 32.7 Å². The van der Waals surface area contributed by atoms with Crippen LogP contribution in [0.3, 0.4) is 0 Å². The normalized spacial score (nSPS) is 10.3. The molecule has 0 radical (unpaired) electrons. The van der Waals surface area contributed by atoms with Gasteiger partial charge in [-0.3, -0.25) is 4.79 Å². The van der Waals surface area contributed by atoms with E-state index >= 15 is 0 Å². The molecule has 1 rings (SSSR count). The lowest BCUT2D eigenvalue weighted by atomic mass is 10.3. The van der Waals surface area contributed by atoms with E-state index in [0.29, 0.717) is 36.1 Å². The summed E-state index contributed by atoms with van der Waals surface area (Å²) in [5.74, 6) is 0.486. The van der Waals surface area contributed by atoms with Crippen LogP contribution in [0.4, 0.5) is 10.7 Å². The highest BCUT2D eigenvalue weighted by atomic mass is 32.1. The zero-order valence-electron chi connectivity index (χ0n) is 10.3. The molecular weight excluding hydrogens is 240 g/mol. The summed E-state index contributed by atoms with van der Waals surface area (Å²) in [6.07, 6.45) is 0. The first-order valence-electron chi connectivity index (χ1n) is 5.40. The summed E-state index contributed by atoms with van der Waals surface area (Å²) in [5, 5.41) is 3.92. The van der Waals surface area contributed by atoms with Crippen molar-refractivity contribution in [3.05, 3.63) is 4.88 Å². The van der Waals surface area contributed by atoms with Gasteiger partial charge in [0.05, 0.1) is 24.3 Å². The van der Waals surface area contributed by atoms with Crippen molar-refractivity contribution in [1.82, 2.24) is 0 Å². The fourth-order valence-electron chi connectivity index (χ4n) is 1.39. The summed E-state index contributed by atoms with van der Waals surface area (Å²) in [6.45, 7) is 5.38. The van der Waals surface area contributed by atoms with E-state index in [1.165, 1.54) is 25.4 Å². The number of methoxy groups -OCH3 is 1. The molecule has 0 aliphatic heterocycles. The van der Waals surface area contributed by atoms with Crippen LogP contribution in [0.5, 0.6) is 5.75 Å². The van der Waals surface area contributed by atoms with Gasteiger partial charge in [0.2, 0.25) is 0 Å². The number of anilines is 2. The lowest BCUT2D eigenvalue weighted by Gasteiger charge is -2.06. The summed E-state index contributed by atoms with van der Waals surface area (Å²) < 4.78 is 10.4. The molecule has 0 aliphatic carbocycles. The van der Waals surface area contributed by atoms with E-state index in [2.05, 4.69) is 5.32 Å². The van der Waals surface area contributed by atoms with E-state index in [1.807, 2.05) is 6.92 Å². The molecule has 3 N–H and O–H groups in total. The number of nitrogens with two attached hydrogens (primary N) is 1. The summed E-state index contributed by atoms with van der Waals surface area (Å²) >= 11 is 1.31. The highest BCUT2D eigenvalue weighted by Crippen LogP contribution is 2.42. The Morgan fingerprint density at radius 1 is 1.53 bits per heavy atom. The van der Waals surface area contributed by atoms with Crippen LogP contribution < -0.4 is 15.8 Å². The third kappa shape index (κ3) is 3.34. The Morgan fingerprint density at radius 3 is 2.76 bits per heavy atom. The van der Waals surface area contributed by atoms with Crippen molar-refractivity contribution >= 4 is 27.8 Å². The average molecular weight is 258 g/mol. The number of hydrogen-bond donors (Lipinski definition) is 2. The maximum Gasteiger partial charge on any atom is 0.176 e. The van der Waals surface area contributed by atoms with Gasteiger partial charge in [-0.05, 0) is 6.92 Å². The molecule has 96 valence electrons. The lowest BCUT2D eigenvalue weighted by molar-refractivity contribution is 0.102. The van der Waals surface area contributed by atoms with Crippen LogP contribution in [0.15, 0.2) is 0 Å². The monoisotopic (exact) mass is 258 g/mol. The van der Waals surface area contributed by atoms with Gasteiger partial charge in [0.15, 0.2) is 11.5 Å². The summed E-state index contributed by atoms with van der Waals surface area (Å²) in [5.41, 5.74) is 6.25. The van der Waals surface area contributed by atoms with Crippen LogP contribution in [0, 0.1) is 0 Å². The van der Waals surface area contributed by atoms with Crippen molar-refractivity contribution in [3.8, 4) is 5.75 Å². The Kier molecular flexibility index (Phi) is 5.24. The maximum absolute atomic E-state index is 11.3. The highest BCUT2D eigenvalue weighted by molar-refractivity contribution is 7.19. The first-order chi connectivity index (χ1) is 8.11. The molecule has 5 nitrogen and oxygen atoms in total. The van der Waals surface area contributed by atoms with Gasteiger partial charge in [-0.25, -0.2) is 0 Å². The van der Waals surface area contributed by atoms with E-state index in [1.54, 1.807) is 0 Å². The molecule has 1 heterocycles. The van der Waals surface area contributed by atoms with Gasteiger partial charge in [-0.2, -0.15) is 0 Å². The fourth-order valence-corrected chi connectivity index (χ4v) is 2.40. The van der Waals surface area contributed by atoms with Gasteiger partial charge < -0.3 is 20.5 Å². The molecule has 0 fully saturated rings. The molecule has 0 bridgehead atoms. The van der Waals surface area contributed by atoms with Gasteiger partial charge >= 0.3 is 0 Å². The van der Waals surface area contributed by atoms with E-state index in [-0.39, 0.29) is 5.78 Å². The largest absolute Gasteiger partial charge is 0.492 e. The summed E-state index contributed by atoms with van der Waals surface area (Å²) in [4.78, 5) is 11.9. The fraction of sp³-hybridized carbons (Fsp3) is 0.545. The molecular formula is C11H18N2O3S. The molecule has 1 aromatic rings. The lowest BCUT2D eigenvalue weighted by Crippen LogP contribution is -2.08. The van der Waals surface area contributed by atoms with Gasteiger partial charge in [0, 0.05) is 20.1 Å². The number of ether oxygens (including phenoxy) is 2. The number of hydrogen-bond acceptors (Lipinski definition) is 6. The zero-order valence-corrected chi connectivity index (χ0v) is 11.1. The highest BCUT2D eigenvalue weighted by Gasteiger charge is 2.18. The third-order valence-electron chi connectivity index (χ3n) is 2.16. The predicted octanol–water partition coefficient (Wildman–Crippen LogP) is 1.99. The van der Waals surface area contributed by atoms with Gasteiger partial charge in [-0.15, -0.1) is 11.3 Å². The summed E-state index contributed by atoms with van der Waals surface area (Å²) in [7, 11) is 1.54. The Labute approximate surface area is 105 Å². The van der Waals surface area contributed by atoms with Crippen molar-refractivity contribution in [2.24, 2.45) is 0 Å². The standard InChI is InChI=1S/C11H18N2O3S/c1-4-16-6-5-13-11-9(15-3)8(12)10(17-11)7(2)14/h13H,4-6,12H2,1-3H3. The van der Waals surface area contributed by atoms with Crippen LogP contribution in [0.1, 0.15) is 23.5 Å². The van der Waals surface area contributed by atoms with Crippen LogP contribution in [0.25, 0.3) is 0 Å². The second-order valence-corrected chi connectivity index (χ2v) is 4.41. The minimum absolute atomic E-state index is 0.0522. The molecule has 0 aromatic carbocycles. The molecule has 0 atom stereocenters. The van der Waals surface area contributed by atoms with Gasteiger partial charge in [0.1, 0.15) is 5.00 Å². The number of carbonyl (C=O) groups excluding carboxylic acids is 1. The number of nitrogens with one attached hydrogen (secondary N) is 1. The first kappa shape index (κ1) is 13.8. The SMILES string of the molecule is CCOCCNc1sc(C(C)=O)c(N)c1OC. The van der Waals surface area contributed by atoms with Crippen LogP contribution >= 0.6 is 11.3 Å². The topological polar surface area (TPSA) is 73.6 Å². The smallest absolute Gasteiger partial charge is 0.176 e. The Bertz CT molecular complexity index is 390. The van der Waals surface area contributed by atoms with Crippen molar-refractivity contribution in [3.63, 3.8) is 0 Å². The quantitative estimate of drug-likeness (QED) is 0.578. The van der Waals surface area contributed by atoms with Crippen molar-refractivity contribution in [2.45, 2.75) is 13.8 Å². The minimum Gasteiger partial charge on any atom is -0.492 e. The van der Waals surface area contributed by atoms with E-state index in [4.69, 9.17) is 15.2 Å². The predicted molar refractivity (Wildman–Crippen MR) is 70.3 cm³/mol. The second-order valence-electron chi connectivity index (χ2n) is 3.39. The van der Waals surface area contributed by atoms with Crippen LogP contribution in [-0.2, 0) is 4.74 Å². The molecule has 6 heteroatoms.